The minimum Gasteiger partial charge on any atom is -0.348 e. The molecule has 6 nitrogen and oxygen atoms in total. The summed E-state index contributed by atoms with van der Waals surface area (Å²) in [5.74, 6) is -0.841. The lowest BCUT2D eigenvalue weighted by molar-refractivity contribution is 0.0950. The quantitative estimate of drug-likeness (QED) is 0.560. The van der Waals surface area contributed by atoms with Gasteiger partial charge in [-0.2, -0.15) is 0 Å². The molecular formula is C23H24FN3O3S. The minimum atomic E-state index is -3.93. The number of hydrogen-bond donors (Lipinski definition) is 2. The van der Waals surface area contributed by atoms with E-state index in [1.807, 2.05) is 43.3 Å². The Hall–Kier alpha value is -3.23. The highest BCUT2D eigenvalue weighted by molar-refractivity contribution is 7.92. The number of nitrogens with zero attached hydrogens (tertiary/aromatic N) is 1. The molecule has 0 spiro atoms. The van der Waals surface area contributed by atoms with Crippen molar-refractivity contribution in [2.45, 2.75) is 18.0 Å². The van der Waals surface area contributed by atoms with Crippen LogP contribution in [-0.4, -0.2) is 33.3 Å². The number of amides is 1. The molecule has 0 bridgehead atoms. The van der Waals surface area contributed by atoms with Gasteiger partial charge in [-0.25, -0.2) is 12.8 Å². The summed E-state index contributed by atoms with van der Waals surface area (Å²) in [6.07, 6.45) is 0. The van der Waals surface area contributed by atoms with E-state index in [1.54, 1.807) is 6.07 Å². The van der Waals surface area contributed by atoms with Crippen LogP contribution < -0.4 is 10.0 Å². The first-order chi connectivity index (χ1) is 14.7. The van der Waals surface area contributed by atoms with Crippen molar-refractivity contribution in [1.29, 1.82) is 0 Å². The lowest BCUT2D eigenvalue weighted by Gasteiger charge is -2.15. The molecule has 0 aliphatic carbocycles. The number of anilines is 1. The van der Waals surface area contributed by atoms with Crippen molar-refractivity contribution < 1.29 is 17.6 Å². The van der Waals surface area contributed by atoms with Crippen molar-refractivity contribution >= 4 is 21.6 Å². The third-order valence-electron chi connectivity index (χ3n) is 4.55. The van der Waals surface area contributed by atoms with Crippen molar-refractivity contribution in [2.24, 2.45) is 0 Å². The van der Waals surface area contributed by atoms with Crippen LogP contribution in [0, 0.1) is 5.82 Å². The van der Waals surface area contributed by atoms with Gasteiger partial charge in [0.25, 0.3) is 15.9 Å². The third-order valence-corrected chi connectivity index (χ3v) is 5.93. The Balaban J connectivity index is 1.72. The Bertz CT molecular complexity index is 1160. The third kappa shape index (κ3) is 6.13. The number of carbonyl (C=O) groups is 1. The van der Waals surface area contributed by atoms with Crippen LogP contribution in [0.3, 0.4) is 0 Å². The number of nitrogens with one attached hydrogen (secondary N) is 2. The van der Waals surface area contributed by atoms with Crippen LogP contribution in [0.1, 0.15) is 21.5 Å². The molecule has 0 heterocycles. The van der Waals surface area contributed by atoms with Crippen molar-refractivity contribution in [3.05, 3.63) is 95.3 Å². The van der Waals surface area contributed by atoms with E-state index in [9.17, 15) is 17.6 Å². The zero-order valence-corrected chi connectivity index (χ0v) is 18.1. The van der Waals surface area contributed by atoms with E-state index in [-0.39, 0.29) is 22.1 Å². The predicted molar refractivity (Wildman–Crippen MR) is 119 cm³/mol. The molecule has 2 N–H and O–H groups in total. The molecule has 0 aromatic heterocycles. The smallest absolute Gasteiger partial charge is 0.261 e. The van der Waals surface area contributed by atoms with Crippen LogP contribution in [0.5, 0.6) is 0 Å². The number of sulfonamides is 1. The van der Waals surface area contributed by atoms with Gasteiger partial charge in [-0.1, -0.05) is 30.3 Å². The number of rotatable bonds is 8. The van der Waals surface area contributed by atoms with E-state index >= 15 is 0 Å². The maximum Gasteiger partial charge on any atom is 0.261 e. The molecule has 0 radical (unpaired) electrons. The molecule has 3 aromatic rings. The Morgan fingerprint density at radius 1 is 0.935 bits per heavy atom. The van der Waals surface area contributed by atoms with Crippen LogP contribution in [0.15, 0.2) is 77.7 Å². The predicted octanol–water partition coefficient (Wildman–Crippen LogP) is 3.62. The van der Waals surface area contributed by atoms with Crippen LogP contribution in [0.4, 0.5) is 10.1 Å². The fourth-order valence-electron chi connectivity index (χ4n) is 3.04. The molecule has 0 saturated heterocycles. The van der Waals surface area contributed by atoms with Crippen LogP contribution in [-0.2, 0) is 23.1 Å². The Morgan fingerprint density at radius 2 is 1.61 bits per heavy atom. The van der Waals surface area contributed by atoms with Crippen LogP contribution in [0.2, 0.25) is 0 Å². The zero-order chi connectivity index (χ0) is 22.4. The maximum atomic E-state index is 13.0. The molecular weight excluding hydrogens is 417 g/mol. The highest BCUT2D eigenvalue weighted by atomic mass is 32.2. The molecule has 0 unspecified atom stereocenters. The Kier molecular flexibility index (Phi) is 7.04. The van der Waals surface area contributed by atoms with Gasteiger partial charge < -0.3 is 10.2 Å². The average molecular weight is 442 g/mol. The standard InChI is InChI=1S/C23H24FN3O3S/c1-27(2)16-19-7-4-3-6-18(19)15-25-23(28)17-8-5-9-22(14-17)31(29,30)26-21-12-10-20(24)11-13-21/h3-14,26H,15-16H2,1-2H3,(H,25,28). The van der Waals surface area contributed by atoms with Crippen molar-refractivity contribution in [2.75, 3.05) is 18.8 Å². The van der Waals surface area contributed by atoms with Crippen molar-refractivity contribution in [1.82, 2.24) is 10.2 Å². The molecule has 8 heteroatoms. The fraction of sp³-hybridized carbons (Fsp3) is 0.174. The summed E-state index contributed by atoms with van der Waals surface area (Å²) < 4.78 is 40.7. The Morgan fingerprint density at radius 3 is 2.29 bits per heavy atom. The van der Waals surface area contributed by atoms with E-state index in [1.165, 1.54) is 30.3 Å². The summed E-state index contributed by atoms with van der Waals surface area (Å²) in [6.45, 7) is 1.07. The molecule has 31 heavy (non-hydrogen) atoms. The number of halogens is 1. The van der Waals surface area contributed by atoms with Gasteiger partial charge in [-0.3, -0.25) is 9.52 Å². The summed E-state index contributed by atoms with van der Waals surface area (Å²) in [5.41, 5.74) is 2.56. The number of carbonyl (C=O) groups excluding carboxylic acids is 1. The molecule has 0 fully saturated rings. The summed E-state index contributed by atoms with van der Waals surface area (Å²) in [6, 6.07) is 18.6. The Labute approximate surface area is 181 Å². The van der Waals surface area contributed by atoms with E-state index in [0.29, 0.717) is 6.54 Å². The monoisotopic (exact) mass is 441 g/mol. The molecule has 0 aliphatic heterocycles. The highest BCUT2D eigenvalue weighted by Crippen LogP contribution is 2.18. The molecule has 0 atom stereocenters. The lowest BCUT2D eigenvalue weighted by Crippen LogP contribution is -2.24. The van der Waals surface area contributed by atoms with Crippen LogP contribution in [0.25, 0.3) is 0 Å². The molecule has 3 aromatic carbocycles. The molecule has 3 rings (SSSR count). The van der Waals surface area contributed by atoms with Gasteiger partial charge in [0, 0.05) is 24.3 Å². The van der Waals surface area contributed by atoms with E-state index in [4.69, 9.17) is 0 Å². The minimum absolute atomic E-state index is 0.0579. The van der Waals surface area contributed by atoms with Crippen molar-refractivity contribution in [3.8, 4) is 0 Å². The number of hydrogen-bond acceptors (Lipinski definition) is 4. The molecule has 0 saturated carbocycles. The van der Waals surface area contributed by atoms with Crippen LogP contribution >= 0.6 is 0 Å². The van der Waals surface area contributed by atoms with E-state index in [2.05, 4.69) is 10.0 Å². The SMILES string of the molecule is CN(C)Cc1ccccc1CNC(=O)c1cccc(S(=O)(=O)Nc2ccc(F)cc2)c1. The van der Waals surface area contributed by atoms with Gasteiger partial charge in [-0.15, -0.1) is 0 Å². The van der Waals surface area contributed by atoms with Gasteiger partial charge in [0.2, 0.25) is 0 Å². The summed E-state index contributed by atoms with van der Waals surface area (Å²) in [7, 11) is 0.0195. The van der Waals surface area contributed by atoms with Crippen molar-refractivity contribution in [3.63, 3.8) is 0 Å². The average Bonchev–Trinajstić information content (AvgIpc) is 2.74. The second-order valence-electron chi connectivity index (χ2n) is 7.33. The van der Waals surface area contributed by atoms with E-state index in [0.717, 1.165) is 29.8 Å². The second-order valence-corrected chi connectivity index (χ2v) is 9.01. The van der Waals surface area contributed by atoms with Gasteiger partial charge in [0.05, 0.1) is 4.90 Å². The van der Waals surface area contributed by atoms with Gasteiger partial charge >= 0.3 is 0 Å². The largest absolute Gasteiger partial charge is 0.348 e. The first kappa shape index (κ1) is 22.5. The first-order valence-corrected chi connectivity index (χ1v) is 11.1. The first-order valence-electron chi connectivity index (χ1n) is 9.63. The normalized spacial score (nSPS) is 11.4. The molecule has 0 aliphatic rings. The zero-order valence-electron chi connectivity index (χ0n) is 17.3. The highest BCUT2D eigenvalue weighted by Gasteiger charge is 2.17. The maximum absolute atomic E-state index is 13.0. The summed E-state index contributed by atoms with van der Waals surface area (Å²) >= 11 is 0. The van der Waals surface area contributed by atoms with Gasteiger partial charge in [-0.05, 0) is 67.7 Å². The van der Waals surface area contributed by atoms with Gasteiger partial charge in [0.15, 0.2) is 0 Å². The second kappa shape index (κ2) is 9.72. The summed E-state index contributed by atoms with van der Waals surface area (Å²) in [4.78, 5) is 14.6. The topological polar surface area (TPSA) is 78.5 Å². The lowest BCUT2D eigenvalue weighted by atomic mass is 10.1. The molecule has 1 amide bonds. The number of benzene rings is 3. The van der Waals surface area contributed by atoms with Gasteiger partial charge in [0.1, 0.15) is 5.82 Å². The van der Waals surface area contributed by atoms with E-state index < -0.39 is 15.8 Å². The summed E-state index contributed by atoms with van der Waals surface area (Å²) in [5, 5.41) is 2.85. The molecule has 162 valence electrons. The fourth-order valence-corrected chi connectivity index (χ4v) is 4.14.